The molecule has 0 saturated carbocycles. The number of hydrogen-bond donors (Lipinski definition) is 2. The van der Waals surface area contributed by atoms with Gasteiger partial charge >= 0.3 is 5.97 Å². The smallest absolute Gasteiger partial charge is 0.308 e. The number of anilines is 3. The highest BCUT2D eigenvalue weighted by atomic mass is 19.1. The molecule has 2 aromatic rings. The molecule has 2 aliphatic rings. The molecule has 1 amide bonds. The van der Waals surface area contributed by atoms with Crippen LogP contribution in [0.1, 0.15) is 24.0 Å². The largest absolute Gasteiger partial charge is 0.469 e. The predicted molar refractivity (Wildman–Crippen MR) is 115 cm³/mol. The van der Waals surface area contributed by atoms with E-state index in [0.717, 1.165) is 42.9 Å². The lowest BCUT2D eigenvalue weighted by Gasteiger charge is -2.33. The van der Waals surface area contributed by atoms with Crippen LogP contribution >= 0.6 is 0 Å². The van der Waals surface area contributed by atoms with Crippen molar-refractivity contribution < 1.29 is 18.7 Å². The zero-order valence-electron chi connectivity index (χ0n) is 17.0. The van der Waals surface area contributed by atoms with Crippen molar-refractivity contribution in [1.29, 1.82) is 0 Å². The number of hydrogen-bond acceptors (Lipinski definition) is 5. The number of methoxy groups -OCH3 is 1. The Bertz CT molecular complexity index is 1030. The third kappa shape index (κ3) is 3.75. The molecule has 4 rings (SSSR count). The van der Waals surface area contributed by atoms with Crippen LogP contribution in [0.25, 0.3) is 5.57 Å². The van der Waals surface area contributed by atoms with E-state index >= 15 is 0 Å². The third-order valence-corrected chi connectivity index (χ3v) is 5.73. The number of ether oxygens (including phenoxy) is 1. The molecule has 6 nitrogen and oxygen atoms in total. The van der Waals surface area contributed by atoms with Crippen LogP contribution < -0.4 is 15.5 Å². The van der Waals surface area contributed by atoms with Crippen LogP contribution in [0.5, 0.6) is 0 Å². The lowest BCUT2D eigenvalue weighted by Crippen LogP contribution is -2.37. The number of carbonyl (C=O) groups is 2. The van der Waals surface area contributed by atoms with E-state index in [2.05, 4.69) is 15.5 Å². The SMILES string of the molecule is COC(=O)C1CCN(c2ccc(N/C=C3\C(=O)Nc4cccc(F)c43)cc2C)CC1. The van der Waals surface area contributed by atoms with Crippen LogP contribution in [0.15, 0.2) is 42.6 Å². The summed E-state index contributed by atoms with van der Waals surface area (Å²) in [6, 6.07) is 10.5. The van der Waals surface area contributed by atoms with Crippen LogP contribution in [0.2, 0.25) is 0 Å². The maximum Gasteiger partial charge on any atom is 0.308 e. The Labute approximate surface area is 174 Å². The number of esters is 1. The van der Waals surface area contributed by atoms with Crippen molar-refractivity contribution >= 4 is 34.5 Å². The highest BCUT2D eigenvalue weighted by Crippen LogP contribution is 2.34. The molecule has 1 fully saturated rings. The van der Waals surface area contributed by atoms with Gasteiger partial charge in [0.25, 0.3) is 5.91 Å². The molecule has 7 heteroatoms. The third-order valence-electron chi connectivity index (χ3n) is 5.73. The van der Waals surface area contributed by atoms with E-state index in [9.17, 15) is 14.0 Å². The molecule has 0 unspecified atom stereocenters. The zero-order valence-corrected chi connectivity index (χ0v) is 17.0. The number of benzene rings is 2. The van der Waals surface area contributed by atoms with E-state index in [1.807, 2.05) is 25.1 Å². The summed E-state index contributed by atoms with van der Waals surface area (Å²) in [5, 5.41) is 5.79. The van der Waals surface area contributed by atoms with E-state index in [0.29, 0.717) is 5.69 Å². The second-order valence-electron chi connectivity index (χ2n) is 7.60. The van der Waals surface area contributed by atoms with Gasteiger partial charge < -0.3 is 20.3 Å². The van der Waals surface area contributed by atoms with E-state index in [1.165, 1.54) is 13.2 Å². The molecule has 156 valence electrons. The summed E-state index contributed by atoms with van der Waals surface area (Å²) >= 11 is 0. The molecule has 0 bridgehead atoms. The maximum atomic E-state index is 14.2. The minimum absolute atomic E-state index is 0.0278. The summed E-state index contributed by atoms with van der Waals surface area (Å²) in [7, 11) is 1.43. The van der Waals surface area contributed by atoms with Crippen LogP contribution in [-0.2, 0) is 14.3 Å². The molecule has 2 heterocycles. The van der Waals surface area contributed by atoms with Crippen molar-refractivity contribution in [2.75, 3.05) is 35.7 Å². The van der Waals surface area contributed by atoms with Gasteiger partial charge in [0.15, 0.2) is 0 Å². The van der Waals surface area contributed by atoms with E-state index in [4.69, 9.17) is 4.74 Å². The van der Waals surface area contributed by atoms with Crippen molar-refractivity contribution in [3.63, 3.8) is 0 Å². The van der Waals surface area contributed by atoms with Crippen LogP contribution in [-0.4, -0.2) is 32.1 Å². The van der Waals surface area contributed by atoms with Gasteiger partial charge in [-0.15, -0.1) is 0 Å². The van der Waals surface area contributed by atoms with Gasteiger partial charge in [-0.05, 0) is 55.7 Å². The molecule has 2 N–H and O–H groups in total. The number of halogens is 1. The highest BCUT2D eigenvalue weighted by molar-refractivity contribution is 6.31. The average Bonchev–Trinajstić information content (AvgIpc) is 3.08. The Balaban J connectivity index is 1.47. The second-order valence-corrected chi connectivity index (χ2v) is 7.60. The number of rotatable bonds is 4. The van der Waals surface area contributed by atoms with Crippen molar-refractivity contribution in [3.8, 4) is 0 Å². The first kappa shape index (κ1) is 19.9. The Hall–Kier alpha value is -3.35. The van der Waals surface area contributed by atoms with Gasteiger partial charge in [0, 0.05) is 36.2 Å². The van der Waals surface area contributed by atoms with Crippen molar-refractivity contribution in [1.82, 2.24) is 0 Å². The van der Waals surface area contributed by atoms with Gasteiger partial charge in [0.1, 0.15) is 5.82 Å². The van der Waals surface area contributed by atoms with Gasteiger partial charge in [-0.1, -0.05) is 6.07 Å². The molecule has 1 saturated heterocycles. The van der Waals surface area contributed by atoms with E-state index in [1.54, 1.807) is 18.3 Å². The first-order valence-electron chi connectivity index (χ1n) is 9.98. The Kier molecular flexibility index (Phi) is 5.44. The molecule has 0 aliphatic carbocycles. The molecule has 2 aliphatic heterocycles. The quantitative estimate of drug-likeness (QED) is 0.592. The Morgan fingerprint density at radius 1 is 1.27 bits per heavy atom. The molecule has 0 atom stereocenters. The van der Waals surface area contributed by atoms with E-state index < -0.39 is 5.82 Å². The van der Waals surface area contributed by atoms with Gasteiger partial charge in [0.05, 0.1) is 24.3 Å². The van der Waals surface area contributed by atoms with Gasteiger partial charge in [-0.25, -0.2) is 4.39 Å². The standard InChI is InChI=1S/C23H24FN3O3/c1-14-12-16(6-7-20(14)27-10-8-15(9-11-27)23(29)30-2)25-13-17-21-18(24)4-3-5-19(21)26-22(17)28/h3-7,12-13,15,25H,8-11H2,1-2H3,(H,26,28)/b17-13-. The molecule has 2 aromatic carbocycles. The lowest BCUT2D eigenvalue weighted by atomic mass is 9.96. The van der Waals surface area contributed by atoms with Crippen molar-refractivity contribution in [2.24, 2.45) is 5.92 Å². The summed E-state index contributed by atoms with van der Waals surface area (Å²) in [6.45, 7) is 3.62. The minimum Gasteiger partial charge on any atom is -0.469 e. The summed E-state index contributed by atoms with van der Waals surface area (Å²) in [5.74, 6) is -0.918. The van der Waals surface area contributed by atoms with Crippen molar-refractivity contribution in [2.45, 2.75) is 19.8 Å². The Morgan fingerprint density at radius 2 is 2.03 bits per heavy atom. The zero-order chi connectivity index (χ0) is 21.3. The van der Waals surface area contributed by atoms with Gasteiger partial charge in [-0.3, -0.25) is 9.59 Å². The number of amides is 1. The number of piperidine rings is 1. The monoisotopic (exact) mass is 409 g/mol. The fraction of sp³-hybridized carbons (Fsp3) is 0.304. The number of aryl methyl sites for hydroxylation is 1. The first-order valence-corrected chi connectivity index (χ1v) is 9.98. The number of nitrogens with zero attached hydrogens (tertiary/aromatic N) is 1. The molecule has 30 heavy (non-hydrogen) atoms. The predicted octanol–water partition coefficient (Wildman–Crippen LogP) is 3.93. The number of nitrogens with one attached hydrogen (secondary N) is 2. The molecule has 0 spiro atoms. The minimum atomic E-state index is -0.430. The van der Waals surface area contributed by atoms with Crippen LogP contribution in [0, 0.1) is 18.7 Å². The topological polar surface area (TPSA) is 70.7 Å². The van der Waals surface area contributed by atoms with Gasteiger partial charge in [0.2, 0.25) is 0 Å². The van der Waals surface area contributed by atoms with Gasteiger partial charge in [-0.2, -0.15) is 0 Å². The summed E-state index contributed by atoms with van der Waals surface area (Å²) in [6.07, 6.45) is 3.09. The summed E-state index contributed by atoms with van der Waals surface area (Å²) in [4.78, 5) is 26.2. The fourth-order valence-electron chi connectivity index (χ4n) is 4.12. The number of fused-ring (bicyclic) bond motifs is 1. The molecular weight excluding hydrogens is 385 g/mol. The Morgan fingerprint density at radius 3 is 2.73 bits per heavy atom. The maximum absolute atomic E-state index is 14.2. The average molecular weight is 409 g/mol. The molecular formula is C23H24FN3O3. The normalized spacial score (nSPS) is 17.6. The van der Waals surface area contributed by atoms with E-state index in [-0.39, 0.29) is 28.9 Å². The second kappa shape index (κ2) is 8.18. The molecule has 0 aromatic heterocycles. The van der Waals surface area contributed by atoms with Crippen molar-refractivity contribution in [3.05, 3.63) is 59.5 Å². The number of carbonyl (C=O) groups excluding carboxylic acids is 2. The first-order chi connectivity index (χ1) is 14.5. The van der Waals surface area contributed by atoms with Crippen LogP contribution in [0.4, 0.5) is 21.5 Å². The van der Waals surface area contributed by atoms with Crippen LogP contribution in [0.3, 0.4) is 0 Å². The molecule has 0 radical (unpaired) electrons. The summed E-state index contributed by atoms with van der Waals surface area (Å²) in [5.41, 5.74) is 4.05. The lowest BCUT2D eigenvalue weighted by molar-refractivity contribution is -0.146. The fourth-order valence-corrected chi connectivity index (χ4v) is 4.12. The highest BCUT2D eigenvalue weighted by Gasteiger charge is 2.28. The summed E-state index contributed by atoms with van der Waals surface area (Å²) < 4.78 is 19.0.